The predicted molar refractivity (Wildman–Crippen MR) is 113 cm³/mol. The van der Waals surface area contributed by atoms with E-state index in [0.717, 1.165) is 11.1 Å². The Morgan fingerprint density at radius 3 is 2.53 bits per heavy atom. The Morgan fingerprint density at radius 1 is 1.07 bits per heavy atom. The number of hydrogen-bond donors (Lipinski definition) is 2. The van der Waals surface area contributed by atoms with Gasteiger partial charge in [0.25, 0.3) is 0 Å². The minimum absolute atomic E-state index is 0.0324. The third kappa shape index (κ3) is 7.51. The second-order valence-electron chi connectivity index (χ2n) is 6.36. The van der Waals surface area contributed by atoms with Crippen LogP contribution in [0.25, 0.3) is 0 Å². The van der Waals surface area contributed by atoms with Gasteiger partial charge in [-0.25, -0.2) is 4.99 Å². The summed E-state index contributed by atoms with van der Waals surface area (Å²) in [4.78, 5) is 4.58. The van der Waals surface area contributed by atoms with Crippen LogP contribution in [0.2, 0.25) is 0 Å². The van der Waals surface area contributed by atoms with Crippen molar-refractivity contribution in [2.24, 2.45) is 4.99 Å². The van der Waals surface area contributed by atoms with Gasteiger partial charge in [0.15, 0.2) is 17.5 Å². The molecule has 0 saturated carbocycles. The van der Waals surface area contributed by atoms with E-state index in [2.05, 4.69) is 15.6 Å². The number of hydrogen-bond acceptors (Lipinski definition) is 4. The Morgan fingerprint density at radius 2 is 1.83 bits per heavy atom. The second-order valence-corrected chi connectivity index (χ2v) is 6.36. The van der Waals surface area contributed by atoms with E-state index in [-0.39, 0.29) is 18.0 Å². The molecule has 6 nitrogen and oxygen atoms in total. The van der Waals surface area contributed by atoms with Crippen LogP contribution in [0.15, 0.2) is 47.5 Å². The number of rotatable bonds is 11. The molecule has 8 heteroatoms. The third-order valence-electron chi connectivity index (χ3n) is 4.08. The molecule has 2 rings (SSSR count). The van der Waals surface area contributed by atoms with Gasteiger partial charge < -0.3 is 24.8 Å². The second kappa shape index (κ2) is 12.6. The molecule has 0 spiro atoms. The fourth-order valence-electron chi connectivity index (χ4n) is 2.87. The molecule has 2 aromatic rings. The van der Waals surface area contributed by atoms with Crippen molar-refractivity contribution in [1.29, 1.82) is 0 Å². The maximum absolute atomic E-state index is 12.9. The number of benzene rings is 2. The lowest BCUT2D eigenvalue weighted by Crippen LogP contribution is -2.36. The summed E-state index contributed by atoms with van der Waals surface area (Å²) in [6, 6.07) is 13.1. The van der Waals surface area contributed by atoms with Crippen LogP contribution in [0.4, 0.5) is 8.78 Å². The molecule has 0 aliphatic carbocycles. The molecule has 2 aromatic carbocycles. The zero-order valence-corrected chi connectivity index (χ0v) is 17.6. The highest BCUT2D eigenvalue weighted by Gasteiger charge is 2.16. The summed E-state index contributed by atoms with van der Waals surface area (Å²) in [5, 5.41) is 6.32. The predicted octanol–water partition coefficient (Wildman–Crippen LogP) is 4.09. The first kappa shape index (κ1) is 23.4. The molecule has 164 valence electrons. The van der Waals surface area contributed by atoms with Gasteiger partial charge in [0.1, 0.15) is 0 Å². The van der Waals surface area contributed by atoms with E-state index >= 15 is 0 Å². The number of alkyl halides is 2. The Balaban J connectivity index is 2.13. The Kier molecular flexibility index (Phi) is 9.86. The van der Waals surface area contributed by atoms with Crippen LogP contribution in [-0.2, 0) is 24.4 Å². The number of aliphatic imine (C=N–C) groups is 1. The number of methoxy groups -OCH3 is 1. The first-order valence-electron chi connectivity index (χ1n) is 9.85. The van der Waals surface area contributed by atoms with Crippen LogP contribution in [0.1, 0.15) is 30.5 Å². The van der Waals surface area contributed by atoms with Crippen LogP contribution in [0.3, 0.4) is 0 Å². The molecule has 0 amide bonds. The highest BCUT2D eigenvalue weighted by Crippen LogP contribution is 2.32. The zero-order chi connectivity index (χ0) is 21.8. The molecule has 0 radical (unpaired) electrons. The summed E-state index contributed by atoms with van der Waals surface area (Å²) in [6.07, 6.45) is 0. The largest absolute Gasteiger partial charge is 0.490 e. The number of para-hydroxylation sites is 1. The van der Waals surface area contributed by atoms with Crippen LogP contribution >= 0.6 is 0 Å². The molecule has 0 atom stereocenters. The molecule has 0 unspecified atom stereocenters. The summed E-state index contributed by atoms with van der Waals surface area (Å²) in [7, 11) is 1.66. The smallest absolute Gasteiger partial charge is 0.387 e. The number of guanidine groups is 1. The molecule has 0 aromatic heterocycles. The highest BCUT2D eigenvalue weighted by atomic mass is 19.3. The van der Waals surface area contributed by atoms with Gasteiger partial charge in [0, 0.05) is 25.8 Å². The van der Waals surface area contributed by atoms with E-state index in [0.29, 0.717) is 37.8 Å². The van der Waals surface area contributed by atoms with Gasteiger partial charge in [0.2, 0.25) is 0 Å². The Bertz CT molecular complexity index is 816. The normalized spacial score (nSPS) is 11.5. The minimum atomic E-state index is -2.94. The third-order valence-corrected chi connectivity index (χ3v) is 4.08. The molecule has 0 aliphatic rings. The Labute approximate surface area is 176 Å². The van der Waals surface area contributed by atoms with Gasteiger partial charge in [-0.05, 0) is 31.0 Å². The molecule has 2 N–H and O–H groups in total. The van der Waals surface area contributed by atoms with Gasteiger partial charge in [-0.1, -0.05) is 36.4 Å². The quantitative estimate of drug-likeness (QED) is 0.423. The van der Waals surface area contributed by atoms with Gasteiger partial charge >= 0.3 is 6.61 Å². The summed E-state index contributed by atoms with van der Waals surface area (Å²) < 4.78 is 41.1. The molecule has 0 fully saturated rings. The molecular weight excluding hydrogens is 392 g/mol. The van der Waals surface area contributed by atoms with Crippen LogP contribution in [0.5, 0.6) is 11.5 Å². The van der Waals surface area contributed by atoms with Crippen molar-refractivity contribution in [3.63, 3.8) is 0 Å². The van der Waals surface area contributed by atoms with E-state index in [1.165, 1.54) is 0 Å². The van der Waals surface area contributed by atoms with Crippen molar-refractivity contribution in [2.45, 2.75) is 40.2 Å². The van der Waals surface area contributed by atoms with E-state index < -0.39 is 6.61 Å². The van der Waals surface area contributed by atoms with Crippen molar-refractivity contribution in [1.82, 2.24) is 10.6 Å². The van der Waals surface area contributed by atoms with Crippen LogP contribution < -0.4 is 20.1 Å². The molecular formula is C22H29F2N3O3. The monoisotopic (exact) mass is 421 g/mol. The van der Waals surface area contributed by atoms with Gasteiger partial charge in [0.05, 0.1) is 19.8 Å². The van der Waals surface area contributed by atoms with Crippen LogP contribution in [0, 0.1) is 0 Å². The van der Waals surface area contributed by atoms with Crippen molar-refractivity contribution >= 4 is 5.96 Å². The van der Waals surface area contributed by atoms with Crippen LogP contribution in [-0.4, -0.2) is 32.8 Å². The minimum Gasteiger partial charge on any atom is -0.490 e. The van der Waals surface area contributed by atoms with Crippen molar-refractivity contribution in [3.05, 3.63) is 59.2 Å². The lowest BCUT2D eigenvalue weighted by Gasteiger charge is -2.17. The summed E-state index contributed by atoms with van der Waals surface area (Å²) in [5.74, 6) is 0.887. The SMILES string of the molecule is CCNC(=NCc1cccc(COC)c1)NCc1cccc(OCC)c1OC(F)F. The van der Waals surface area contributed by atoms with E-state index in [4.69, 9.17) is 14.2 Å². The maximum Gasteiger partial charge on any atom is 0.387 e. The highest BCUT2D eigenvalue weighted by molar-refractivity contribution is 5.79. The lowest BCUT2D eigenvalue weighted by molar-refractivity contribution is -0.0520. The fraction of sp³-hybridized carbons (Fsp3) is 0.409. The molecule has 0 bridgehead atoms. The molecule has 0 saturated heterocycles. The summed E-state index contributed by atoms with van der Waals surface area (Å²) in [6.45, 7) is 3.07. The zero-order valence-electron chi connectivity index (χ0n) is 17.6. The number of halogens is 2. The van der Waals surface area contributed by atoms with Gasteiger partial charge in [-0.3, -0.25) is 0 Å². The lowest BCUT2D eigenvalue weighted by atomic mass is 10.1. The first-order chi connectivity index (χ1) is 14.6. The molecule has 0 heterocycles. The molecule has 0 aliphatic heterocycles. The maximum atomic E-state index is 12.9. The van der Waals surface area contributed by atoms with Crippen molar-refractivity contribution < 1.29 is 23.0 Å². The number of ether oxygens (including phenoxy) is 3. The number of nitrogens with zero attached hydrogens (tertiary/aromatic N) is 1. The van der Waals surface area contributed by atoms with Crippen molar-refractivity contribution in [3.8, 4) is 11.5 Å². The number of nitrogens with one attached hydrogen (secondary N) is 2. The van der Waals surface area contributed by atoms with Gasteiger partial charge in [-0.2, -0.15) is 8.78 Å². The standard InChI is InChI=1S/C22H29F2N3O3/c1-4-25-22(26-13-16-8-6-9-17(12-16)15-28-3)27-14-18-10-7-11-19(29-5-2)20(18)30-21(23)24/h6-12,21H,4-5,13-15H2,1-3H3,(H2,25,26,27). The van der Waals surface area contributed by atoms with E-state index in [1.807, 2.05) is 31.2 Å². The van der Waals surface area contributed by atoms with Gasteiger partial charge in [-0.15, -0.1) is 0 Å². The fourth-order valence-corrected chi connectivity index (χ4v) is 2.87. The van der Waals surface area contributed by atoms with E-state index in [9.17, 15) is 8.78 Å². The Hall–Kier alpha value is -2.87. The average Bonchev–Trinajstić information content (AvgIpc) is 2.72. The topological polar surface area (TPSA) is 64.1 Å². The summed E-state index contributed by atoms with van der Waals surface area (Å²) in [5.41, 5.74) is 2.67. The average molecular weight is 421 g/mol. The summed E-state index contributed by atoms with van der Waals surface area (Å²) >= 11 is 0. The van der Waals surface area contributed by atoms with E-state index in [1.54, 1.807) is 32.2 Å². The first-order valence-corrected chi connectivity index (χ1v) is 9.85. The molecule has 30 heavy (non-hydrogen) atoms. The van der Waals surface area contributed by atoms with Crippen molar-refractivity contribution in [2.75, 3.05) is 20.3 Å².